The first kappa shape index (κ1) is 28.2. The van der Waals surface area contributed by atoms with Crippen molar-refractivity contribution in [1.82, 2.24) is 4.57 Å². The number of ether oxygens (including phenoxy) is 2. The van der Waals surface area contributed by atoms with E-state index in [2.05, 4.69) is 12.1 Å². The second-order valence-corrected chi connectivity index (χ2v) is 10.6. The van der Waals surface area contributed by atoms with E-state index < -0.39 is 5.97 Å². The van der Waals surface area contributed by atoms with Crippen LogP contribution in [0.3, 0.4) is 0 Å². The van der Waals surface area contributed by atoms with Gasteiger partial charge in [-0.05, 0) is 56.2 Å². The van der Waals surface area contributed by atoms with Gasteiger partial charge in [0.05, 0.1) is 30.5 Å². The van der Waals surface area contributed by atoms with Crippen molar-refractivity contribution in [3.63, 3.8) is 0 Å². The third kappa shape index (κ3) is 6.70. The van der Waals surface area contributed by atoms with E-state index >= 15 is 0 Å². The number of aryl methyl sites for hydroxylation is 1. The fraction of sp³-hybridized carbons (Fsp3) is 0.500. The molecule has 0 aliphatic carbocycles. The Kier molecular flexibility index (Phi) is 9.35. The highest BCUT2D eigenvalue weighted by Gasteiger charge is 2.34. The summed E-state index contributed by atoms with van der Waals surface area (Å²) in [5.74, 6) is -0.171. The molecule has 1 aliphatic rings. The molecule has 2 heterocycles. The molecule has 0 spiro atoms. The van der Waals surface area contributed by atoms with Crippen molar-refractivity contribution in [2.24, 2.45) is 10.6 Å². The van der Waals surface area contributed by atoms with Crippen LogP contribution in [0.5, 0.6) is 5.75 Å². The van der Waals surface area contributed by atoms with E-state index in [0.29, 0.717) is 29.2 Å². The summed E-state index contributed by atoms with van der Waals surface area (Å²) in [5.41, 5.74) is 4.63. The van der Waals surface area contributed by atoms with E-state index in [0.717, 1.165) is 35.5 Å². The van der Waals surface area contributed by atoms with Gasteiger partial charge in [0.1, 0.15) is 11.5 Å². The normalized spacial score (nSPS) is 14.6. The molecule has 1 aromatic heterocycles. The molecule has 0 saturated heterocycles. The number of aromatic nitrogens is 1. The minimum Gasteiger partial charge on any atom is -0.495 e. The molecule has 0 N–H and O–H groups in total. The molecular weight excluding hydrogens is 468 g/mol. The Morgan fingerprint density at radius 1 is 1.08 bits per heavy atom. The first-order valence-corrected chi connectivity index (χ1v) is 13.1. The predicted octanol–water partition coefficient (Wildman–Crippen LogP) is 6.96. The van der Waals surface area contributed by atoms with Gasteiger partial charge < -0.3 is 18.9 Å². The number of oxime groups is 1. The number of carbonyl (C=O) groups excluding carboxylic acids is 2. The van der Waals surface area contributed by atoms with Gasteiger partial charge in [-0.3, -0.25) is 0 Å². The predicted molar refractivity (Wildman–Crippen MR) is 146 cm³/mol. The molecule has 2 aromatic rings. The van der Waals surface area contributed by atoms with Crippen LogP contribution in [0.1, 0.15) is 93.5 Å². The number of rotatable bonds is 11. The average molecular weight is 509 g/mol. The highest BCUT2D eigenvalue weighted by atomic mass is 16.7. The van der Waals surface area contributed by atoms with Crippen LogP contribution in [0.25, 0.3) is 11.8 Å². The summed E-state index contributed by atoms with van der Waals surface area (Å²) in [7, 11) is 1.60. The van der Waals surface area contributed by atoms with Crippen LogP contribution in [-0.4, -0.2) is 35.9 Å². The zero-order valence-electron chi connectivity index (χ0n) is 23.3. The minimum absolute atomic E-state index is 0.336. The highest BCUT2D eigenvalue weighted by Crippen LogP contribution is 2.33. The number of esters is 1. The molecule has 0 fully saturated rings. The molecule has 200 valence electrons. The molecule has 0 saturated carbocycles. The van der Waals surface area contributed by atoms with Crippen LogP contribution in [0.4, 0.5) is 0 Å². The number of methoxy groups -OCH3 is 1. The third-order valence-corrected chi connectivity index (χ3v) is 6.56. The van der Waals surface area contributed by atoms with Gasteiger partial charge in [0, 0.05) is 16.8 Å². The van der Waals surface area contributed by atoms with Crippen LogP contribution in [0.2, 0.25) is 0 Å². The molecule has 1 aliphatic heterocycles. The largest absolute Gasteiger partial charge is 0.495 e. The Morgan fingerprint density at radius 2 is 1.78 bits per heavy atom. The summed E-state index contributed by atoms with van der Waals surface area (Å²) >= 11 is 0. The van der Waals surface area contributed by atoms with Gasteiger partial charge in [0.25, 0.3) is 0 Å². The van der Waals surface area contributed by atoms with Crippen molar-refractivity contribution in [2.45, 2.75) is 80.1 Å². The van der Waals surface area contributed by atoms with Gasteiger partial charge in [-0.2, -0.15) is 0 Å². The molecule has 0 amide bonds. The van der Waals surface area contributed by atoms with E-state index in [9.17, 15) is 9.59 Å². The summed E-state index contributed by atoms with van der Waals surface area (Å²) < 4.78 is 13.2. The van der Waals surface area contributed by atoms with Gasteiger partial charge in [-0.15, -0.1) is 0 Å². The lowest BCUT2D eigenvalue weighted by atomic mass is 9.85. The lowest BCUT2D eigenvalue weighted by Crippen LogP contribution is -2.21. The van der Waals surface area contributed by atoms with Crippen molar-refractivity contribution in [3.05, 3.63) is 52.4 Å². The van der Waals surface area contributed by atoms with Crippen molar-refractivity contribution in [2.75, 3.05) is 13.7 Å². The lowest BCUT2D eigenvalue weighted by molar-refractivity contribution is -0.136. The Bertz CT molecular complexity index is 1200. The Hall–Kier alpha value is -3.35. The van der Waals surface area contributed by atoms with Crippen LogP contribution in [0, 0.1) is 19.3 Å². The van der Waals surface area contributed by atoms with Crippen LogP contribution < -0.4 is 4.74 Å². The Balaban J connectivity index is 1.86. The molecule has 0 bridgehead atoms. The van der Waals surface area contributed by atoms with Crippen molar-refractivity contribution in [1.29, 1.82) is 0 Å². The van der Waals surface area contributed by atoms with Crippen LogP contribution in [-0.2, 0) is 14.4 Å². The lowest BCUT2D eigenvalue weighted by Gasteiger charge is -2.17. The molecule has 0 atom stereocenters. The van der Waals surface area contributed by atoms with Crippen molar-refractivity contribution >= 4 is 23.7 Å². The second-order valence-electron chi connectivity index (χ2n) is 10.6. The van der Waals surface area contributed by atoms with Crippen LogP contribution >= 0.6 is 0 Å². The third-order valence-electron chi connectivity index (χ3n) is 6.56. The SMILES string of the molecule is CCCCCCCCOC(=O)c1ccc(OC)c(-n2c(C)cc(C=C3C(=O)ON=C3C(C)(C)C)c2C)c1. The molecule has 7 heteroatoms. The first-order chi connectivity index (χ1) is 17.6. The fourth-order valence-corrected chi connectivity index (χ4v) is 4.53. The van der Waals surface area contributed by atoms with Crippen molar-refractivity contribution < 1.29 is 23.9 Å². The van der Waals surface area contributed by atoms with E-state index in [1.165, 1.54) is 25.7 Å². The quantitative estimate of drug-likeness (QED) is 0.142. The molecule has 37 heavy (non-hydrogen) atoms. The average Bonchev–Trinajstić information content (AvgIpc) is 3.36. The summed E-state index contributed by atoms with van der Waals surface area (Å²) in [6.07, 6.45) is 8.62. The fourth-order valence-electron chi connectivity index (χ4n) is 4.53. The van der Waals surface area contributed by atoms with Gasteiger partial charge >= 0.3 is 11.9 Å². The van der Waals surface area contributed by atoms with Crippen molar-refractivity contribution in [3.8, 4) is 11.4 Å². The number of carbonyl (C=O) groups is 2. The van der Waals surface area contributed by atoms with E-state index in [1.54, 1.807) is 25.3 Å². The monoisotopic (exact) mass is 508 g/mol. The smallest absolute Gasteiger partial charge is 0.367 e. The van der Waals surface area contributed by atoms with E-state index in [-0.39, 0.29) is 11.4 Å². The number of benzene rings is 1. The summed E-state index contributed by atoms with van der Waals surface area (Å²) in [6, 6.07) is 7.30. The number of hydrogen-bond acceptors (Lipinski definition) is 6. The number of hydrogen-bond donors (Lipinski definition) is 0. The minimum atomic E-state index is -0.456. The standard InChI is InChI=1S/C30H40N2O5/c1-8-9-10-11-12-13-16-36-28(33)22-14-15-26(35-7)25(19-22)32-20(2)17-23(21(32)3)18-24-27(30(4,5)6)31-37-29(24)34/h14-15,17-19H,8-13,16H2,1-7H3. The Morgan fingerprint density at radius 3 is 2.46 bits per heavy atom. The Labute approximate surface area is 220 Å². The maximum absolute atomic E-state index is 12.8. The van der Waals surface area contributed by atoms with Gasteiger partial charge in [0.2, 0.25) is 0 Å². The second kappa shape index (κ2) is 12.3. The summed E-state index contributed by atoms with van der Waals surface area (Å²) in [6.45, 7) is 12.5. The highest BCUT2D eigenvalue weighted by molar-refractivity contribution is 6.26. The topological polar surface area (TPSA) is 79.1 Å². The van der Waals surface area contributed by atoms with Gasteiger partial charge in [-0.25, -0.2) is 9.59 Å². The molecule has 7 nitrogen and oxygen atoms in total. The summed E-state index contributed by atoms with van der Waals surface area (Å²) in [4.78, 5) is 30.2. The van der Waals surface area contributed by atoms with E-state index in [4.69, 9.17) is 14.3 Å². The van der Waals surface area contributed by atoms with Gasteiger partial charge in [-0.1, -0.05) is 65.0 Å². The molecular formula is C30H40N2O5. The zero-order chi connectivity index (χ0) is 27.2. The number of unbranched alkanes of at least 4 members (excludes halogenated alkanes) is 5. The van der Waals surface area contributed by atoms with Gasteiger partial charge in [0.15, 0.2) is 0 Å². The molecule has 0 radical (unpaired) electrons. The number of nitrogens with zero attached hydrogens (tertiary/aromatic N) is 2. The molecule has 3 rings (SSSR count). The first-order valence-electron chi connectivity index (χ1n) is 13.1. The maximum Gasteiger partial charge on any atom is 0.367 e. The molecule has 1 aromatic carbocycles. The van der Waals surface area contributed by atoms with E-state index in [1.807, 2.05) is 51.3 Å². The summed E-state index contributed by atoms with van der Waals surface area (Å²) in [5, 5.41) is 4.01. The van der Waals surface area contributed by atoms with Crippen LogP contribution in [0.15, 0.2) is 35.0 Å². The molecule has 0 unspecified atom stereocenters. The maximum atomic E-state index is 12.8. The zero-order valence-corrected chi connectivity index (χ0v) is 23.3.